The van der Waals surface area contributed by atoms with Gasteiger partial charge in [0.2, 0.25) is 0 Å². The van der Waals surface area contributed by atoms with Crippen molar-refractivity contribution in [3.05, 3.63) is 35.1 Å². The lowest BCUT2D eigenvalue weighted by molar-refractivity contribution is -0.137. The second-order valence-electron chi connectivity index (χ2n) is 3.30. The van der Waals surface area contributed by atoms with Gasteiger partial charge in [-0.3, -0.25) is 0 Å². The Kier molecular flexibility index (Phi) is 3.88. The number of hydrogen-bond donors (Lipinski definition) is 1. The topological polar surface area (TPSA) is 35.2 Å². The molecule has 1 aromatic carbocycles. The zero-order valence-electron chi connectivity index (χ0n) is 8.51. The number of hydrogen-bond acceptors (Lipinski definition) is 2. The molecule has 0 radical (unpaired) electrons. The molecular weight excluding hydrogens is 226 g/mol. The molecule has 0 saturated carbocycles. The summed E-state index contributed by atoms with van der Waals surface area (Å²) in [5, 5.41) is 0. The van der Waals surface area contributed by atoms with Crippen LogP contribution in [-0.4, -0.2) is 13.7 Å². The molecule has 2 nitrogen and oxygen atoms in total. The van der Waals surface area contributed by atoms with Gasteiger partial charge in [-0.25, -0.2) is 4.39 Å². The molecule has 0 saturated heterocycles. The van der Waals surface area contributed by atoms with Crippen LogP contribution in [0.4, 0.5) is 17.6 Å². The Morgan fingerprint density at radius 2 is 2.00 bits per heavy atom. The molecule has 90 valence electrons. The summed E-state index contributed by atoms with van der Waals surface area (Å²) in [6.45, 7) is 0.0439. The molecule has 2 N–H and O–H groups in total. The van der Waals surface area contributed by atoms with Crippen LogP contribution in [0.2, 0.25) is 0 Å². The van der Waals surface area contributed by atoms with Crippen LogP contribution < -0.4 is 5.73 Å². The highest BCUT2D eigenvalue weighted by molar-refractivity contribution is 5.28. The van der Waals surface area contributed by atoms with E-state index in [1.807, 2.05) is 0 Å². The Bertz CT molecular complexity index is 364. The van der Waals surface area contributed by atoms with Crippen molar-refractivity contribution in [1.82, 2.24) is 0 Å². The molecule has 0 fully saturated rings. The maximum atomic E-state index is 13.3. The summed E-state index contributed by atoms with van der Waals surface area (Å²) in [6, 6.07) is 1.49. The van der Waals surface area contributed by atoms with Crippen LogP contribution in [-0.2, 0) is 10.9 Å². The minimum Gasteiger partial charge on any atom is -0.383 e. The smallest absolute Gasteiger partial charge is 0.383 e. The predicted molar refractivity (Wildman–Crippen MR) is 50.2 cm³/mol. The second-order valence-corrected chi connectivity index (χ2v) is 3.30. The normalized spacial score (nSPS) is 13.9. The number of nitrogens with two attached hydrogens (primary N) is 1. The SMILES string of the molecule is COC[C@@H](N)c1ccc(C(F)(F)F)cc1F. The number of benzene rings is 1. The maximum absolute atomic E-state index is 13.3. The monoisotopic (exact) mass is 237 g/mol. The van der Waals surface area contributed by atoms with Crippen molar-refractivity contribution in [1.29, 1.82) is 0 Å². The van der Waals surface area contributed by atoms with E-state index >= 15 is 0 Å². The minimum absolute atomic E-state index is 0.00912. The lowest BCUT2D eigenvalue weighted by Crippen LogP contribution is -2.18. The average molecular weight is 237 g/mol. The second kappa shape index (κ2) is 4.80. The van der Waals surface area contributed by atoms with E-state index in [9.17, 15) is 17.6 Å². The van der Waals surface area contributed by atoms with Crippen molar-refractivity contribution < 1.29 is 22.3 Å². The zero-order valence-corrected chi connectivity index (χ0v) is 8.51. The minimum atomic E-state index is -4.55. The molecule has 6 heteroatoms. The summed E-state index contributed by atoms with van der Waals surface area (Å²) in [6.07, 6.45) is -4.55. The fourth-order valence-corrected chi connectivity index (χ4v) is 1.27. The number of methoxy groups -OCH3 is 1. The van der Waals surface area contributed by atoms with Crippen molar-refractivity contribution in [3.8, 4) is 0 Å². The van der Waals surface area contributed by atoms with E-state index in [0.717, 1.165) is 12.1 Å². The first-order chi connectivity index (χ1) is 7.36. The van der Waals surface area contributed by atoms with Gasteiger partial charge in [-0.05, 0) is 12.1 Å². The number of ether oxygens (including phenoxy) is 1. The fraction of sp³-hybridized carbons (Fsp3) is 0.400. The van der Waals surface area contributed by atoms with E-state index < -0.39 is 23.6 Å². The lowest BCUT2D eigenvalue weighted by Gasteiger charge is -2.13. The highest BCUT2D eigenvalue weighted by Crippen LogP contribution is 2.31. The van der Waals surface area contributed by atoms with E-state index in [-0.39, 0.29) is 12.2 Å². The van der Waals surface area contributed by atoms with Crippen molar-refractivity contribution in [3.63, 3.8) is 0 Å². The molecule has 0 heterocycles. The molecule has 0 aliphatic carbocycles. The predicted octanol–water partition coefficient (Wildman–Crippen LogP) is 2.49. The van der Waals surface area contributed by atoms with Crippen LogP contribution in [0.25, 0.3) is 0 Å². The van der Waals surface area contributed by atoms with Gasteiger partial charge in [0.05, 0.1) is 18.2 Å². The molecule has 0 aliphatic rings. The van der Waals surface area contributed by atoms with E-state index in [1.165, 1.54) is 7.11 Å². The molecule has 0 bridgehead atoms. The van der Waals surface area contributed by atoms with Gasteiger partial charge in [0.25, 0.3) is 0 Å². The van der Waals surface area contributed by atoms with Crippen LogP contribution in [0.5, 0.6) is 0 Å². The molecule has 0 unspecified atom stereocenters. The summed E-state index contributed by atoms with van der Waals surface area (Å²) in [4.78, 5) is 0. The summed E-state index contributed by atoms with van der Waals surface area (Å²) in [5.41, 5.74) is 4.50. The van der Waals surface area contributed by atoms with Crippen molar-refractivity contribution in [2.45, 2.75) is 12.2 Å². The first-order valence-corrected chi connectivity index (χ1v) is 4.47. The summed E-state index contributed by atoms with van der Waals surface area (Å²) in [7, 11) is 1.38. The molecule has 16 heavy (non-hydrogen) atoms. The van der Waals surface area contributed by atoms with Gasteiger partial charge in [0.1, 0.15) is 5.82 Å². The summed E-state index contributed by atoms with van der Waals surface area (Å²) >= 11 is 0. The molecule has 0 amide bonds. The highest BCUT2D eigenvalue weighted by Gasteiger charge is 2.31. The molecular formula is C10H11F4NO. The number of rotatable bonds is 3. The van der Waals surface area contributed by atoms with Crippen LogP contribution in [0.1, 0.15) is 17.2 Å². The Morgan fingerprint density at radius 3 is 2.44 bits per heavy atom. The third-order valence-electron chi connectivity index (χ3n) is 2.07. The first kappa shape index (κ1) is 12.9. The molecule has 1 rings (SSSR count). The van der Waals surface area contributed by atoms with E-state index in [2.05, 4.69) is 0 Å². The van der Waals surface area contributed by atoms with Crippen LogP contribution >= 0.6 is 0 Å². The van der Waals surface area contributed by atoms with Gasteiger partial charge >= 0.3 is 6.18 Å². The highest BCUT2D eigenvalue weighted by atomic mass is 19.4. The van der Waals surface area contributed by atoms with Crippen LogP contribution in [0.15, 0.2) is 18.2 Å². The Labute approximate surface area is 90.0 Å². The summed E-state index contributed by atoms with van der Waals surface area (Å²) < 4.78 is 54.7. The molecule has 0 aliphatic heterocycles. The van der Waals surface area contributed by atoms with E-state index in [4.69, 9.17) is 10.5 Å². The lowest BCUT2D eigenvalue weighted by atomic mass is 10.0. The van der Waals surface area contributed by atoms with Crippen molar-refractivity contribution in [2.75, 3.05) is 13.7 Å². The van der Waals surface area contributed by atoms with Crippen LogP contribution in [0, 0.1) is 5.82 Å². The van der Waals surface area contributed by atoms with Gasteiger partial charge in [-0.1, -0.05) is 6.07 Å². The Balaban J connectivity index is 3.00. The van der Waals surface area contributed by atoms with E-state index in [1.54, 1.807) is 0 Å². The van der Waals surface area contributed by atoms with Gasteiger partial charge < -0.3 is 10.5 Å². The first-order valence-electron chi connectivity index (χ1n) is 4.47. The fourth-order valence-electron chi connectivity index (χ4n) is 1.27. The van der Waals surface area contributed by atoms with Gasteiger partial charge in [-0.2, -0.15) is 13.2 Å². The third kappa shape index (κ3) is 2.93. The quantitative estimate of drug-likeness (QED) is 0.820. The largest absolute Gasteiger partial charge is 0.416 e. The molecule has 0 aromatic heterocycles. The van der Waals surface area contributed by atoms with Gasteiger partial charge in [0, 0.05) is 12.7 Å². The molecule has 1 atom stereocenters. The van der Waals surface area contributed by atoms with E-state index in [0.29, 0.717) is 6.07 Å². The Hall–Kier alpha value is -1.14. The molecule has 1 aromatic rings. The standard InChI is InChI=1S/C10H11F4NO/c1-16-5-9(15)7-3-2-6(4-8(7)11)10(12,13)14/h2-4,9H,5,15H2,1H3/t9-/m1/s1. The molecule has 0 spiro atoms. The number of alkyl halides is 3. The van der Waals surface area contributed by atoms with Gasteiger partial charge in [0.15, 0.2) is 0 Å². The third-order valence-corrected chi connectivity index (χ3v) is 2.07. The van der Waals surface area contributed by atoms with Gasteiger partial charge in [-0.15, -0.1) is 0 Å². The zero-order chi connectivity index (χ0) is 12.3. The number of halogens is 4. The summed E-state index contributed by atoms with van der Waals surface area (Å²) in [5.74, 6) is -0.973. The van der Waals surface area contributed by atoms with Crippen molar-refractivity contribution >= 4 is 0 Å². The van der Waals surface area contributed by atoms with Crippen molar-refractivity contribution in [2.24, 2.45) is 5.73 Å². The Morgan fingerprint density at radius 1 is 1.38 bits per heavy atom. The average Bonchev–Trinajstić information content (AvgIpc) is 2.16. The maximum Gasteiger partial charge on any atom is 0.416 e. The van der Waals surface area contributed by atoms with Crippen LogP contribution in [0.3, 0.4) is 0 Å².